The molecule has 1 saturated heterocycles. The molecule has 1 saturated carbocycles. The summed E-state index contributed by atoms with van der Waals surface area (Å²) in [5.74, 6) is -0.108. The summed E-state index contributed by atoms with van der Waals surface area (Å²) < 4.78 is 1.52. The topological polar surface area (TPSA) is 81.3 Å². The molecule has 0 N–H and O–H groups in total. The lowest BCUT2D eigenvalue weighted by Gasteiger charge is -2.39. The Morgan fingerprint density at radius 2 is 1.88 bits per heavy atom. The molecule has 7 nitrogen and oxygen atoms in total. The second-order valence-corrected chi connectivity index (χ2v) is 11.1. The average molecular weight is 479 g/mol. The molecule has 0 spiro atoms. The molecule has 3 aromatic rings. The fourth-order valence-corrected chi connectivity index (χ4v) is 6.35. The van der Waals surface area contributed by atoms with Crippen molar-refractivity contribution in [3.8, 4) is 16.9 Å². The van der Waals surface area contributed by atoms with E-state index in [1.54, 1.807) is 24.3 Å². The normalized spacial score (nSPS) is 23.2. The van der Waals surface area contributed by atoms with Crippen LogP contribution < -0.4 is 0 Å². The number of hydrogen-bond donors (Lipinski definition) is 0. The lowest BCUT2D eigenvalue weighted by Crippen LogP contribution is -2.38. The van der Waals surface area contributed by atoms with Crippen molar-refractivity contribution in [3.63, 3.8) is 0 Å². The van der Waals surface area contributed by atoms with Crippen LogP contribution in [0.5, 0.6) is 0 Å². The van der Waals surface area contributed by atoms with Crippen LogP contribution in [0.25, 0.3) is 16.9 Å². The van der Waals surface area contributed by atoms with Crippen molar-refractivity contribution in [2.75, 3.05) is 6.54 Å². The molecule has 1 aliphatic carbocycles. The largest absolute Gasteiger partial charge is 0.334 e. The molecule has 1 aliphatic heterocycles. The number of fused-ring (bicyclic) bond motifs is 2. The van der Waals surface area contributed by atoms with Crippen molar-refractivity contribution in [1.82, 2.24) is 14.7 Å². The van der Waals surface area contributed by atoms with Gasteiger partial charge in [-0.3, -0.25) is 14.9 Å². The highest BCUT2D eigenvalue weighted by atomic mass is 35.5. The molecule has 1 aromatic heterocycles. The number of rotatable bonds is 4. The number of nitro groups is 1. The van der Waals surface area contributed by atoms with Crippen LogP contribution in [0, 0.1) is 20.9 Å². The molecule has 2 fully saturated rings. The van der Waals surface area contributed by atoms with Gasteiger partial charge in [-0.05, 0) is 48.3 Å². The molecule has 2 aromatic carbocycles. The summed E-state index contributed by atoms with van der Waals surface area (Å²) in [7, 11) is 0. The van der Waals surface area contributed by atoms with Crippen LogP contribution in [-0.4, -0.2) is 38.1 Å². The second kappa shape index (κ2) is 7.94. The van der Waals surface area contributed by atoms with Crippen molar-refractivity contribution in [2.45, 2.75) is 46.1 Å². The molecule has 2 aliphatic rings. The molecule has 2 atom stereocenters. The van der Waals surface area contributed by atoms with Gasteiger partial charge in [0, 0.05) is 30.3 Å². The fourth-order valence-electron chi connectivity index (χ4n) is 6.11. The van der Waals surface area contributed by atoms with Crippen LogP contribution >= 0.6 is 11.6 Å². The smallest absolute Gasteiger partial charge is 0.272 e. The van der Waals surface area contributed by atoms with Gasteiger partial charge in [0.15, 0.2) is 0 Å². The molecule has 8 heteroatoms. The second-order valence-electron chi connectivity index (χ2n) is 10.7. The molecular weight excluding hydrogens is 452 g/mol. The lowest BCUT2D eigenvalue weighted by atomic mass is 9.65. The van der Waals surface area contributed by atoms with Crippen LogP contribution in [0.1, 0.15) is 50.5 Å². The third kappa shape index (κ3) is 3.98. The van der Waals surface area contributed by atoms with Gasteiger partial charge < -0.3 is 4.90 Å². The van der Waals surface area contributed by atoms with Gasteiger partial charge in [0.05, 0.1) is 21.3 Å². The molecule has 1 amide bonds. The van der Waals surface area contributed by atoms with E-state index in [1.807, 2.05) is 23.1 Å². The molecule has 2 bridgehead atoms. The first kappa shape index (κ1) is 22.6. The Kier molecular flexibility index (Phi) is 5.28. The maximum atomic E-state index is 14.0. The molecule has 5 rings (SSSR count). The number of hydrogen-bond acceptors (Lipinski definition) is 4. The van der Waals surface area contributed by atoms with Crippen LogP contribution in [0.4, 0.5) is 5.69 Å². The van der Waals surface area contributed by atoms with Gasteiger partial charge >= 0.3 is 0 Å². The van der Waals surface area contributed by atoms with Crippen molar-refractivity contribution in [1.29, 1.82) is 0 Å². The molecule has 2 unspecified atom stereocenters. The Labute approximate surface area is 203 Å². The summed E-state index contributed by atoms with van der Waals surface area (Å²) in [4.78, 5) is 26.9. The zero-order chi connectivity index (χ0) is 24.3. The molecule has 34 heavy (non-hydrogen) atoms. The quantitative estimate of drug-likeness (QED) is 0.333. The first-order chi connectivity index (χ1) is 16.1. The summed E-state index contributed by atoms with van der Waals surface area (Å²) >= 11 is 6.43. The minimum atomic E-state index is -0.448. The standard InChI is InChI=1S/C26H27ClN4O3/c1-25(2)13-19-14-26(3,15-25)16-29(19)24(32)23-12-22(20-9-4-5-10-21(20)27)28-30(23)17-7-6-8-18(11-17)31(33)34/h4-12,19H,13-16H2,1-3H3. The minimum absolute atomic E-state index is 0.0583. The van der Waals surface area contributed by atoms with Crippen LogP contribution in [0.15, 0.2) is 54.6 Å². The maximum Gasteiger partial charge on any atom is 0.272 e. The van der Waals surface area contributed by atoms with E-state index in [1.165, 1.54) is 16.8 Å². The highest BCUT2D eigenvalue weighted by Crippen LogP contribution is 2.52. The first-order valence-electron chi connectivity index (χ1n) is 11.5. The summed E-state index contributed by atoms with van der Waals surface area (Å²) in [5.41, 5.74) is 2.30. The number of carbonyl (C=O) groups excluding carboxylic acids is 1. The van der Waals surface area contributed by atoms with Crippen LogP contribution in [-0.2, 0) is 0 Å². The average Bonchev–Trinajstić information content (AvgIpc) is 3.31. The van der Waals surface area contributed by atoms with E-state index in [0.717, 1.165) is 19.3 Å². The number of benzene rings is 2. The number of halogens is 1. The Bertz CT molecular complexity index is 1300. The number of carbonyl (C=O) groups is 1. The number of nitro benzene ring substituents is 1. The predicted octanol–water partition coefficient (Wildman–Crippen LogP) is 6.14. The lowest BCUT2D eigenvalue weighted by molar-refractivity contribution is -0.384. The van der Waals surface area contributed by atoms with E-state index in [0.29, 0.717) is 34.2 Å². The zero-order valence-corrected chi connectivity index (χ0v) is 20.2. The number of non-ortho nitro benzene ring substituents is 1. The highest BCUT2D eigenvalue weighted by Gasteiger charge is 2.51. The fraction of sp³-hybridized carbons (Fsp3) is 0.385. The van der Waals surface area contributed by atoms with Crippen molar-refractivity contribution in [3.05, 3.63) is 75.4 Å². The van der Waals surface area contributed by atoms with E-state index in [-0.39, 0.29) is 28.5 Å². The maximum absolute atomic E-state index is 14.0. The number of nitrogens with zero attached hydrogens (tertiary/aromatic N) is 4. The SMILES string of the molecule is CC1(C)CC2CC(C)(CN2C(=O)c2cc(-c3ccccc3Cl)nn2-c2cccc([N+](=O)[O-])c2)C1. The Balaban J connectivity index is 1.61. The van der Waals surface area contributed by atoms with Gasteiger partial charge in [-0.25, -0.2) is 4.68 Å². The summed E-state index contributed by atoms with van der Waals surface area (Å²) in [5, 5.41) is 16.6. The van der Waals surface area contributed by atoms with Crippen molar-refractivity contribution >= 4 is 23.2 Å². The van der Waals surface area contributed by atoms with E-state index in [2.05, 4.69) is 20.8 Å². The third-order valence-electron chi connectivity index (χ3n) is 7.04. The summed E-state index contributed by atoms with van der Waals surface area (Å²) in [6.07, 6.45) is 3.02. The van der Waals surface area contributed by atoms with E-state index < -0.39 is 4.92 Å². The van der Waals surface area contributed by atoms with Gasteiger partial charge in [0.2, 0.25) is 0 Å². The Hall–Kier alpha value is -3.19. The van der Waals surface area contributed by atoms with Gasteiger partial charge in [-0.2, -0.15) is 5.10 Å². The Morgan fingerprint density at radius 3 is 2.62 bits per heavy atom. The monoisotopic (exact) mass is 478 g/mol. The van der Waals surface area contributed by atoms with Crippen LogP contribution in [0.3, 0.4) is 0 Å². The van der Waals surface area contributed by atoms with Crippen molar-refractivity contribution < 1.29 is 9.72 Å². The van der Waals surface area contributed by atoms with E-state index >= 15 is 0 Å². The van der Waals surface area contributed by atoms with Crippen molar-refractivity contribution in [2.24, 2.45) is 10.8 Å². The molecule has 176 valence electrons. The van der Waals surface area contributed by atoms with Gasteiger partial charge in [-0.15, -0.1) is 0 Å². The predicted molar refractivity (Wildman–Crippen MR) is 131 cm³/mol. The minimum Gasteiger partial charge on any atom is -0.334 e. The van der Waals surface area contributed by atoms with Crippen LogP contribution in [0.2, 0.25) is 5.02 Å². The number of amides is 1. The van der Waals surface area contributed by atoms with E-state index in [9.17, 15) is 14.9 Å². The number of likely N-dealkylation sites (tertiary alicyclic amines) is 1. The molecule has 2 heterocycles. The summed E-state index contributed by atoms with van der Waals surface area (Å²) in [6, 6.07) is 15.4. The first-order valence-corrected chi connectivity index (χ1v) is 11.8. The Morgan fingerprint density at radius 1 is 1.12 bits per heavy atom. The highest BCUT2D eigenvalue weighted by molar-refractivity contribution is 6.33. The van der Waals surface area contributed by atoms with Gasteiger partial charge in [0.1, 0.15) is 5.69 Å². The van der Waals surface area contributed by atoms with Gasteiger partial charge in [0.25, 0.3) is 11.6 Å². The zero-order valence-electron chi connectivity index (χ0n) is 19.5. The third-order valence-corrected chi connectivity index (χ3v) is 7.37. The van der Waals surface area contributed by atoms with E-state index in [4.69, 9.17) is 16.7 Å². The molecule has 0 radical (unpaired) electrons. The number of aromatic nitrogens is 2. The summed E-state index contributed by atoms with van der Waals surface area (Å²) in [6.45, 7) is 7.51. The van der Waals surface area contributed by atoms with Gasteiger partial charge in [-0.1, -0.05) is 56.6 Å². The molecular formula is C26H27ClN4O3.